The zero-order chi connectivity index (χ0) is 31.9. The Bertz CT molecular complexity index is 1660. The van der Waals surface area contributed by atoms with E-state index in [1.165, 1.54) is 6.26 Å². The zero-order valence-corrected chi connectivity index (χ0v) is 25.5. The summed E-state index contributed by atoms with van der Waals surface area (Å²) in [7, 11) is 0. The molecule has 0 unspecified atom stereocenters. The van der Waals surface area contributed by atoms with Crippen LogP contribution < -0.4 is 21.3 Å². The molecule has 2 bridgehead atoms. The fourth-order valence-corrected chi connectivity index (χ4v) is 5.22. The molecule has 4 amide bonds. The van der Waals surface area contributed by atoms with Crippen molar-refractivity contribution in [2.24, 2.45) is 0 Å². The molecule has 5 rings (SSSR count). The van der Waals surface area contributed by atoms with Crippen LogP contribution in [0.1, 0.15) is 75.9 Å². The Morgan fingerprint density at radius 3 is 2.47 bits per heavy atom. The van der Waals surface area contributed by atoms with E-state index in [1.54, 1.807) is 35.9 Å². The Labute approximate surface area is 261 Å². The minimum Gasteiger partial charge on any atom is -0.446 e. The highest BCUT2D eigenvalue weighted by atomic mass is 16.3. The van der Waals surface area contributed by atoms with Crippen molar-refractivity contribution in [2.45, 2.75) is 64.6 Å². The van der Waals surface area contributed by atoms with E-state index in [0.717, 1.165) is 22.6 Å². The number of nitrogens with zero attached hydrogens (tertiary/aromatic N) is 3. The van der Waals surface area contributed by atoms with E-state index in [4.69, 9.17) is 4.42 Å². The van der Waals surface area contributed by atoms with Gasteiger partial charge in [0.05, 0.1) is 11.4 Å². The van der Waals surface area contributed by atoms with Crippen LogP contribution in [0.15, 0.2) is 71.3 Å². The molecule has 0 radical (unpaired) electrons. The van der Waals surface area contributed by atoms with Crippen LogP contribution in [0.3, 0.4) is 0 Å². The van der Waals surface area contributed by atoms with Gasteiger partial charge in [0.25, 0.3) is 11.8 Å². The monoisotopic (exact) mass is 611 g/mol. The van der Waals surface area contributed by atoms with Gasteiger partial charge in [-0.05, 0) is 75.9 Å². The predicted octanol–water partition coefficient (Wildman–Crippen LogP) is 3.09. The van der Waals surface area contributed by atoms with Gasteiger partial charge < -0.3 is 25.7 Å². The summed E-state index contributed by atoms with van der Waals surface area (Å²) >= 11 is 0. The molecule has 0 spiro atoms. The van der Waals surface area contributed by atoms with Crippen LogP contribution in [0.2, 0.25) is 0 Å². The number of aromatic nitrogens is 3. The van der Waals surface area contributed by atoms with Gasteiger partial charge in [-0.25, -0.2) is 9.67 Å². The van der Waals surface area contributed by atoms with E-state index in [9.17, 15) is 19.2 Å². The summed E-state index contributed by atoms with van der Waals surface area (Å²) in [5, 5.41) is 15.8. The second kappa shape index (κ2) is 14.0. The van der Waals surface area contributed by atoms with Crippen LogP contribution in [0, 0.1) is 13.8 Å². The van der Waals surface area contributed by atoms with Gasteiger partial charge in [0.15, 0.2) is 5.69 Å². The summed E-state index contributed by atoms with van der Waals surface area (Å²) in [5.41, 5.74) is 3.96. The maximum atomic E-state index is 13.4. The number of hydrogen-bond acceptors (Lipinski definition) is 7. The molecule has 2 aromatic carbocycles. The number of nitrogens with one attached hydrogen (secondary N) is 4. The summed E-state index contributed by atoms with van der Waals surface area (Å²) in [6.45, 7) is 5.89. The lowest BCUT2D eigenvalue weighted by Crippen LogP contribution is -2.49. The molecule has 234 valence electrons. The second-order valence-corrected chi connectivity index (χ2v) is 11.2. The van der Waals surface area contributed by atoms with Crippen molar-refractivity contribution in [3.05, 3.63) is 101 Å². The molecule has 2 aromatic heterocycles. The molecular formula is C33H37N7O5. The average Bonchev–Trinajstić information content (AvgIpc) is 3.66. The van der Waals surface area contributed by atoms with E-state index in [-0.39, 0.29) is 17.5 Å². The van der Waals surface area contributed by atoms with Crippen LogP contribution in [0.5, 0.6) is 0 Å². The fourth-order valence-electron chi connectivity index (χ4n) is 5.22. The Kier molecular flexibility index (Phi) is 9.71. The van der Waals surface area contributed by atoms with Crippen molar-refractivity contribution in [1.29, 1.82) is 0 Å². The van der Waals surface area contributed by atoms with Gasteiger partial charge in [0, 0.05) is 24.2 Å². The molecule has 3 heterocycles. The molecule has 12 heteroatoms. The highest BCUT2D eigenvalue weighted by Gasteiger charge is 2.27. The molecule has 45 heavy (non-hydrogen) atoms. The third-order valence-corrected chi connectivity index (χ3v) is 7.61. The molecular weight excluding hydrogens is 574 g/mol. The minimum atomic E-state index is -0.859. The maximum Gasteiger partial charge on any atom is 0.273 e. The summed E-state index contributed by atoms with van der Waals surface area (Å²) < 4.78 is 7.31. The third kappa shape index (κ3) is 7.83. The Balaban J connectivity index is 1.30. The lowest BCUT2D eigenvalue weighted by Gasteiger charge is -2.21. The molecule has 0 saturated heterocycles. The summed E-state index contributed by atoms with van der Waals surface area (Å²) in [4.78, 5) is 57.0. The number of carbonyl (C=O) groups excluding carboxylic acids is 4. The van der Waals surface area contributed by atoms with Crippen molar-refractivity contribution in [1.82, 2.24) is 36.0 Å². The number of carbonyl (C=O) groups is 4. The number of aryl methyl sites for hydroxylation is 2. The average molecular weight is 612 g/mol. The Morgan fingerprint density at radius 2 is 1.76 bits per heavy atom. The molecule has 0 aliphatic carbocycles. The first-order chi connectivity index (χ1) is 21.7. The van der Waals surface area contributed by atoms with Crippen molar-refractivity contribution in [3.8, 4) is 5.69 Å². The molecule has 1 aliphatic heterocycles. The zero-order valence-electron chi connectivity index (χ0n) is 25.5. The van der Waals surface area contributed by atoms with Gasteiger partial charge >= 0.3 is 0 Å². The van der Waals surface area contributed by atoms with Crippen LogP contribution in [0.4, 0.5) is 0 Å². The summed E-state index contributed by atoms with van der Waals surface area (Å²) in [6.07, 6.45) is 2.93. The molecule has 12 nitrogen and oxygen atoms in total. The van der Waals surface area contributed by atoms with Gasteiger partial charge in [0.1, 0.15) is 24.4 Å². The maximum absolute atomic E-state index is 13.4. The first kappa shape index (κ1) is 31.2. The van der Waals surface area contributed by atoms with E-state index >= 15 is 0 Å². The van der Waals surface area contributed by atoms with E-state index < -0.39 is 35.8 Å². The number of oxazole rings is 1. The number of amides is 4. The van der Waals surface area contributed by atoms with Crippen molar-refractivity contribution >= 4 is 23.6 Å². The lowest BCUT2D eigenvalue weighted by atomic mass is 10.0. The SMILES string of the molecule is Cc1cc(C)n(-c2ccc(C(=O)N[C@H]3CCCCNC(=O)[C@H](Cc4ccccc4)NC(=O)c4coc(n4)[C@H](C)NC3=O)cc2)n1. The smallest absolute Gasteiger partial charge is 0.273 e. The van der Waals surface area contributed by atoms with Gasteiger partial charge in [-0.3, -0.25) is 19.2 Å². The first-order valence-corrected chi connectivity index (χ1v) is 15.0. The number of hydrogen-bond donors (Lipinski definition) is 4. The normalized spacial score (nSPS) is 19.7. The largest absolute Gasteiger partial charge is 0.446 e. The molecule has 1 aliphatic rings. The van der Waals surface area contributed by atoms with Crippen molar-refractivity contribution in [2.75, 3.05) is 6.54 Å². The summed E-state index contributed by atoms with van der Waals surface area (Å²) in [5.74, 6) is -1.60. The predicted molar refractivity (Wildman–Crippen MR) is 166 cm³/mol. The molecule has 4 N–H and O–H groups in total. The quantitative estimate of drug-likeness (QED) is 0.270. The first-order valence-electron chi connectivity index (χ1n) is 15.0. The third-order valence-electron chi connectivity index (χ3n) is 7.61. The second-order valence-electron chi connectivity index (χ2n) is 11.2. The molecule has 3 atom stereocenters. The Hall–Kier alpha value is -5.26. The molecule has 0 saturated carbocycles. The number of benzene rings is 2. The van der Waals surface area contributed by atoms with Crippen LogP contribution in [0.25, 0.3) is 5.69 Å². The Morgan fingerprint density at radius 1 is 1.00 bits per heavy atom. The number of fused-ring (bicyclic) bond motifs is 2. The highest BCUT2D eigenvalue weighted by Crippen LogP contribution is 2.16. The van der Waals surface area contributed by atoms with E-state index in [0.29, 0.717) is 37.8 Å². The van der Waals surface area contributed by atoms with Gasteiger partial charge in [-0.1, -0.05) is 30.3 Å². The highest BCUT2D eigenvalue weighted by molar-refractivity contribution is 5.98. The van der Waals surface area contributed by atoms with Crippen molar-refractivity contribution in [3.63, 3.8) is 0 Å². The van der Waals surface area contributed by atoms with Crippen LogP contribution in [-0.4, -0.2) is 57.0 Å². The van der Waals surface area contributed by atoms with E-state index in [2.05, 4.69) is 31.3 Å². The standard InChI is InChI=1S/C33H37N7O5/c1-20-17-21(2)40(39-20)25-14-12-24(13-15-25)29(41)36-26-11-7-8-16-34-30(42)27(18-23-9-5-4-6-10-23)37-32(44)28-19-45-33(38-28)22(3)35-31(26)43/h4-6,9-10,12-15,17,19,22,26-27H,7-8,11,16,18H2,1-3H3,(H,34,42)(H,35,43)(H,36,41)(H,37,44)/t22-,26-,27-/m0/s1. The van der Waals surface area contributed by atoms with Crippen LogP contribution in [-0.2, 0) is 16.0 Å². The van der Waals surface area contributed by atoms with Gasteiger partial charge in [-0.2, -0.15) is 5.10 Å². The van der Waals surface area contributed by atoms with Crippen LogP contribution >= 0.6 is 0 Å². The van der Waals surface area contributed by atoms with Crippen molar-refractivity contribution < 1.29 is 23.6 Å². The summed E-state index contributed by atoms with van der Waals surface area (Å²) in [6, 6.07) is 16.0. The minimum absolute atomic E-state index is 0.0159. The number of rotatable bonds is 5. The molecule has 0 fully saturated rings. The lowest BCUT2D eigenvalue weighted by molar-refractivity contribution is -0.124. The fraction of sp³-hybridized carbons (Fsp3) is 0.333. The topological polar surface area (TPSA) is 160 Å². The van der Waals surface area contributed by atoms with Gasteiger partial charge in [-0.15, -0.1) is 0 Å². The van der Waals surface area contributed by atoms with E-state index in [1.807, 2.05) is 50.2 Å². The van der Waals surface area contributed by atoms with Gasteiger partial charge in [0.2, 0.25) is 17.7 Å². The molecule has 4 aromatic rings.